The Balaban J connectivity index is 1.63. The van der Waals surface area contributed by atoms with E-state index in [1.54, 1.807) is 42.5 Å². The minimum absolute atomic E-state index is 0.00486. The summed E-state index contributed by atoms with van der Waals surface area (Å²) in [6, 6.07) is 21.5. The lowest BCUT2D eigenvalue weighted by molar-refractivity contribution is -0.118. The molecule has 5 rings (SSSR count). The number of likely N-dealkylation sites (N-methyl/N-ethyl adjacent to an activating group) is 1. The molecule has 11 heteroatoms. The molecule has 2 N–H and O–H groups in total. The van der Waals surface area contributed by atoms with Gasteiger partial charge in [-0.1, -0.05) is 12.1 Å². The molecular formula is C34H31F2N5O4. The zero-order valence-electron chi connectivity index (χ0n) is 24.6. The van der Waals surface area contributed by atoms with Gasteiger partial charge < -0.3 is 24.8 Å². The fourth-order valence-electron chi connectivity index (χ4n) is 5.18. The number of carbonyl (C=O) groups excluding carboxylic acids is 2. The van der Waals surface area contributed by atoms with Crippen LogP contribution in [0.5, 0.6) is 0 Å². The number of carbonyl (C=O) groups is 2. The maximum Gasteiger partial charge on any atom is 0.275 e. The number of aromatic nitrogens is 1. The molecule has 9 nitrogen and oxygen atoms in total. The van der Waals surface area contributed by atoms with Crippen LogP contribution in [0.1, 0.15) is 27.0 Å². The predicted molar refractivity (Wildman–Crippen MR) is 167 cm³/mol. The number of anilines is 2. The van der Waals surface area contributed by atoms with E-state index in [-0.39, 0.29) is 18.0 Å². The van der Waals surface area contributed by atoms with Crippen molar-refractivity contribution in [2.75, 3.05) is 50.2 Å². The molecule has 0 aliphatic carbocycles. The number of hydrogen-bond donors (Lipinski definition) is 2. The maximum absolute atomic E-state index is 14.0. The molecule has 2 heterocycles. The van der Waals surface area contributed by atoms with E-state index in [0.717, 1.165) is 5.69 Å². The Labute approximate surface area is 258 Å². The summed E-state index contributed by atoms with van der Waals surface area (Å²) >= 11 is 0. The van der Waals surface area contributed by atoms with E-state index in [9.17, 15) is 28.4 Å². The van der Waals surface area contributed by atoms with Gasteiger partial charge in [0.1, 0.15) is 24.2 Å². The van der Waals surface area contributed by atoms with Gasteiger partial charge in [-0.15, -0.1) is 0 Å². The average Bonchev–Trinajstić information content (AvgIpc) is 3.07. The Kier molecular flexibility index (Phi) is 9.77. The van der Waals surface area contributed by atoms with Crippen molar-refractivity contribution in [3.63, 3.8) is 0 Å². The number of amides is 1. The van der Waals surface area contributed by atoms with Gasteiger partial charge in [-0.2, -0.15) is 5.26 Å². The van der Waals surface area contributed by atoms with Crippen LogP contribution in [0.25, 0.3) is 11.3 Å². The molecule has 1 aliphatic rings. The molecule has 230 valence electrons. The Hall–Kier alpha value is -5.18. The van der Waals surface area contributed by atoms with Crippen LogP contribution in [0.15, 0.2) is 83.7 Å². The van der Waals surface area contributed by atoms with Crippen molar-refractivity contribution in [1.82, 2.24) is 9.88 Å². The number of hydrogen-bond acceptors (Lipinski definition) is 7. The highest BCUT2D eigenvalue weighted by molar-refractivity contribution is 6.09. The van der Waals surface area contributed by atoms with Crippen molar-refractivity contribution >= 4 is 23.1 Å². The molecule has 0 bridgehead atoms. The van der Waals surface area contributed by atoms with Gasteiger partial charge in [-0.25, -0.2) is 8.78 Å². The Morgan fingerprint density at radius 3 is 2.44 bits per heavy atom. The van der Waals surface area contributed by atoms with Crippen molar-refractivity contribution in [1.29, 1.82) is 5.26 Å². The predicted octanol–water partition coefficient (Wildman–Crippen LogP) is 4.14. The van der Waals surface area contributed by atoms with Crippen LogP contribution in [-0.4, -0.2) is 62.3 Å². The number of pyridine rings is 1. The smallest absolute Gasteiger partial charge is 0.275 e. The zero-order valence-corrected chi connectivity index (χ0v) is 24.6. The number of halogens is 2. The first kappa shape index (κ1) is 31.3. The lowest BCUT2D eigenvalue weighted by Gasteiger charge is -2.29. The van der Waals surface area contributed by atoms with E-state index in [4.69, 9.17) is 4.74 Å². The topological polar surface area (TPSA) is 116 Å². The summed E-state index contributed by atoms with van der Waals surface area (Å²) in [6.07, 6.45) is 0. The molecule has 0 radical (unpaired) electrons. The molecule has 4 aromatic rings. The lowest BCUT2D eigenvalue weighted by Crippen LogP contribution is -2.41. The highest BCUT2D eigenvalue weighted by Crippen LogP contribution is 2.26. The summed E-state index contributed by atoms with van der Waals surface area (Å²) in [4.78, 5) is 42.3. The second-order valence-electron chi connectivity index (χ2n) is 10.5. The van der Waals surface area contributed by atoms with Crippen LogP contribution in [0, 0.1) is 17.1 Å². The maximum atomic E-state index is 14.0. The van der Waals surface area contributed by atoms with Crippen molar-refractivity contribution in [3.8, 4) is 17.3 Å². The number of nitrogens with zero attached hydrogens (tertiary/aromatic N) is 3. The monoisotopic (exact) mass is 611 g/mol. The third-order valence-corrected chi connectivity index (χ3v) is 7.60. The van der Waals surface area contributed by atoms with Crippen molar-refractivity contribution < 1.29 is 23.1 Å². The minimum atomic E-state index is -1.14. The second kappa shape index (κ2) is 14.1. The van der Waals surface area contributed by atoms with Crippen LogP contribution in [0.4, 0.5) is 20.2 Å². The van der Waals surface area contributed by atoms with E-state index in [0.29, 0.717) is 59.8 Å². The van der Waals surface area contributed by atoms with Crippen molar-refractivity contribution in [2.45, 2.75) is 12.6 Å². The second-order valence-corrected chi connectivity index (χ2v) is 10.5. The van der Waals surface area contributed by atoms with Gasteiger partial charge in [0.15, 0.2) is 5.78 Å². The number of nitriles is 1. The molecule has 1 atom stereocenters. The van der Waals surface area contributed by atoms with Gasteiger partial charge in [0.2, 0.25) is 5.91 Å². The van der Waals surface area contributed by atoms with Gasteiger partial charge in [0, 0.05) is 29.9 Å². The summed E-state index contributed by atoms with van der Waals surface area (Å²) in [7, 11) is 1.44. The Bertz CT molecular complexity index is 1810. The molecule has 45 heavy (non-hydrogen) atoms. The quantitative estimate of drug-likeness (QED) is 0.259. The van der Waals surface area contributed by atoms with Gasteiger partial charge in [0.25, 0.3) is 5.56 Å². The third kappa shape index (κ3) is 7.15. The van der Waals surface area contributed by atoms with E-state index >= 15 is 0 Å². The number of morpholine rings is 1. The highest BCUT2D eigenvalue weighted by Gasteiger charge is 2.21. The van der Waals surface area contributed by atoms with Gasteiger partial charge in [-0.05, 0) is 84.9 Å². The summed E-state index contributed by atoms with van der Waals surface area (Å²) in [5, 5.41) is 14.6. The lowest BCUT2D eigenvalue weighted by atomic mass is 9.99. The van der Waals surface area contributed by atoms with Crippen LogP contribution in [0.3, 0.4) is 0 Å². The molecule has 1 aliphatic heterocycles. The van der Waals surface area contributed by atoms with Crippen molar-refractivity contribution in [3.05, 3.63) is 117 Å². The van der Waals surface area contributed by atoms with Crippen LogP contribution in [0.2, 0.25) is 0 Å². The third-order valence-electron chi connectivity index (χ3n) is 7.60. The summed E-state index contributed by atoms with van der Waals surface area (Å²) in [5.41, 5.74) is 2.87. The zero-order chi connectivity index (χ0) is 31.9. The number of benzene rings is 3. The number of rotatable bonds is 10. The molecule has 1 fully saturated rings. The van der Waals surface area contributed by atoms with Gasteiger partial charge >= 0.3 is 0 Å². The first-order valence-corrected chi connectivity index (χ1v) is 14.4. The fourth-order valence-corrected chi connectivity index (χ4v) is 5.18. The molecule has 3 aromatic carbocycles. The van der Waals surface area contributed by atoms with Crippen LogP contribution < -0.4 is 21.1 Å². The van der Waals surface area contributed by atoms with E-state index < -0.39 is 30.0 Å². The first-order chi connectivity index (χ1) is 21.8. The Morgan fingerprint density at radius 1 is 1.00 bits per heavy atom. The average molecular weight is 612 g/mol. The minimum Gasteiger partial charge on any atom is -0.378 e. The summed E-state index contributed by atoms with van der Waals surface area (Å²) in [5.74, 6) is -1.48. The number of nitrogens with one attached hydrogen (secondary N) is 2. The van der Waals surface area contributed by atoms with E-state index in [1.165, 1.54) is 41.9 Å². The molecule has 1 amide bonds. The highest BCUT2D eigenvalue weighted by atomic mass is 19.1. The number of ketones is 1. The van der Waals surface area contributed by atoms with E-state index in [1.807, 2.05) is 6.07 Å². The Morgan fingerprint density at radius 2 is 1.76 bits per heavy atom. The largest absolute Gasteiger partial charge is 0.378 e. The standard InChI is InChI=1S/C34H31F2N5O4/c1-38-30(19-35)33(43)39-29-9-10-31(25-4-2-3-22(15-25)20-37)41(34(29)44)21-23-16-26(32(42)24-5-7-27(36)8-6-24)18-28(17-23)40-11-13-45-14-12-40/h2-10,15-18,30,38H,11-14,19,21H2,1H3,(H,39,43). The molecule has 0 saturated carbocycles. The number of ether oxygens (including phenoxy) is 1. The molecule has 0 spiro atoms. The van der Waals surface area contributed by atoms with Crippen LogP contribution >= 0.6 is 0 Å². The normalized spacial score (nSPS) is 13.6. The fraction of sp³-hybridized carbons (Fsp3) is 0.235. The summed E-state index contributed by atoms with van der Waals surface area (Å²) in [6.45, 7) is 1.26. The summed E-state index contributed by atoms with van der Waals surface area (Å²) < 4.78 is 33.9. The van der Waals surface area contributed by atoms with Crippen LogP contribution in [-0.2, 0) is 16.1 Å². The molecule has 1 saturated heterocycles. The SMILES string of the molecule is CNC(CF)C(=O)Nc1ccc(-c2cccc(C#N)c2)n(Cc2cc(C(=O)c3ccc(F)cc3)cc(N3CCOCC3)c2)c1=O. The molecule has 1 aromatic heterocycles. The van der Waals surface area contributed by atoms with Gasteiger partial charge in [0.05, 0.1) is 37.1 Å². The van der Waals surface area contributed by atoms with Gasteiger partial charge in [-0.3, -0.25) is 14.4 Å². The van der Waals surface area contributed by atoms with Crippen molar-refractivity contribution in [2.24, 2.45) is 0 Å². The first-order valence-electron chi connectivity index (χ1n) is 14.4. The van der Waals surface area contributed by atoms with E-state index in [2.05, 4.69) is 21.6 Å². The number of alkyl halides is 1. The molecular weight excluding hydrogens is 580 g/mol. The molecule has 1 unspecified atom stereocenters.